The molecule has 1 heterocycles. The number of aliphatic hydroxyl groups excluding tert-OH is 1. The Hall–Kier alpha value is -3.33. The molecule has 2 aromatic carbocycles. The van der Waals surface area contributed by atoms with E-state index in [0.717, 1.165) is 48.2 Å². The van der Waals surface area contributed by atoms with Crippen LogP contribution in [0.25, 0.3) is 6.08 Å². The van der Waals surface area contributed by atoms with Gasteiger partial charge in [-0.15, -0.1) is 0 Å². The van der Waals surface area contributed by atoms with E-state index >= 15 is 0 Å². The summed E-state index contributed by atoms with van der Waals surface area (Å²) < 4.78 is 0. The minimum atomic E-state index is -0.0806. The summed E-state index contributed by atoms with van der Waals surface area (Å²) in [6.45, 7) is 4.09. The van der Waals surface area contributed by atoms with Crippen LogP contribution in [0.15, 0.2) is 87.9 Å². The summed E-state index contributed by atoms with van der Waals surface area (Å²) in [6.07, 6.45) is 14.0. The van der Waals surface area contributed by atoms with Crippen LogP contribution in [-0.2, 0) is 15.6 Å². The number of fused-ring (bicyclic) bond motifs is 4. The lowest BCUT2D eigenvalue weighted by Gasteiger charge is -2.39. The van der Waals surface area contributed by atoms with Gasteiger partial charge in [0.05, 0.1) is 11.1 Å². The molecule has 194 valence electrons. The molecule has 0 aromatic heterocycles. The number of para-hydroxylation sites is 1. The van der Waals surface area contributed by atoms with Crippen LogP contribution >= 0.6 is 0 Å². The van der Waals surface area contributed by atoms with Crippen molar-refractivity contribution in [2.75, 3.05) is 5.32 Å². The van der Waals surface area contributed by atoms with Gasteiger partial charge in [-0.2, -0.15) is 0 Å². The zero-order chi connectivity index (χ0) is 26.1. The Kier molecular flexibility index (Phi) is 5.37. The second-order valence-electron chi connectivity index (χ2n) is 12.2. The second kappa shape index (κ2) is 8.59. The summed E-state index contributed by atoms with van der Waals surface area (Å²) >= 11 is 0. The van der Waals surface area contributed by atoms with Crippen LogP contribution in [0.4, 0.5) is 5.69 Å². The van der Waals surface area contributed by atoms with Gasteiger partial charge >= 0.3 is 0 Å². The largest absolute Gasteiger partial charge is 0.506 e. The molecule has 2 spiro atoms. The average molecular weight is 504 g/mol. The number of benzene rings is 2. The van der Waals surface area contributed by atoms with Crippen LogP contribution in [0.3, 0.4) is 0 Å². The number of carbonyl (C=O) groups excluding carboxylic acids is 1. The van der Waals surface area contributed by atoms with E-state index in [1.54, 1.807) is 0 Å². The number of hydrogen-bond donors (Lipinski definition) is 2. The molecule has 0 bridgehead atoms. The first kappa shape index (κ1) is 23.8. The Balaban J connectivity index is 1.33. The molecule has 4 aliphatic carbocycles. The van der Waals surface area contributed by atoms with Crippen molar-refractivity contribution in [3.05, 3.63) is 105 Å². The lowest BCUT2D eigenvalue weighted by Crippen LogP contribution is -2.34. The van der Waals surface area contributed by atoms with Crippen LogP contribution in [0, 0.1) is 0 Å². The van der Waals surface area contributed by atoms with Gasteiger partial charge < -0.3 is 10.4 Å². The number of rotatable bonds is 2. The molecule has 3 heteroatoms. The summed E-state index contributed by atoms with van der Waals surface area (Å²) in [5.41, 5.74) is 10.3. The summed E-state index contributed by atoms with van der Waals surface area (Å²) in [5, 5.41) is 15.2. The van der Waals surface area contributed by atoms with Crippen LogP contribution in [0.1, 0.15) is 94.7 Å². The molecule has 0 saturated heterocycles. The lowest BCUT2D eigenvalue weighted by atomic mass is 9.64. The van der Waals surface area contributed by atoms with Crippen LogP contribution in [-0.4, -0.2) is 10.9 Å². The fraction of sp³-hybridized carbons (Fsp3) is 0.400. The highest BCUT2D eigenvalue weighted by Gasteiger charge is 2.49. The number of hydrogen-bond acceptors (Lipinski definition) is 3. The Morgan fingerprint density at radius 2 is 1.37 bits per heavy atom. The topological polar surface area (TPSA) is 49.3 Å². The number of Topliss-reactive ketones (excluding diaryl/α,β-unsaturated/α-hetero) is 1. The van der Waals surface area contributed by atoms with Crippen molar-refractivity contribution >= 4 is 17.5 Å². The number of ketones is 1. The van der Waals surface area contributed by atoms with E-state index in [-0.39, 0.29) is 22.4 Å². The lowest BCUT2D eigenvalue weighted by molar-refractivity contribution is -0.113. The number of nitrogens with one attached hydrogen (secondary N) is 1. The SMILES string of the molecule is CC(C1=Cc2ccccc2C12CCCCC2)=C1C(=O)C(/C(C)=C2/Nc3ccccc3C23CCCCC3)=C1O. The first-order valence-corrected chi connectivity index (χ1v) is 14.6. The van der Waals surface area contributed by atoms with E-state index in [2.05, 4.69) is 66.8 Å². The normalized spacial score (nSPS) is 25.5. The zero-order valence-electron chi connectivity index (χ0n) is 22.6. The fourth-order valence-corrected chi connectivity index (χ4v) is 8.54. The van der Waals surface area contributed by atoms with Crippen molar-refractivity contribution in [3.8, 4) is 0 Å². The molecular formula is C35H37NO2. The first-order chi connectivity index (χ1) is 18.5. The molecule has 1 aliphatic heterocycles. The van der Waals surface area contributed by atoms with Gasteiger partial charge in [-0.05, 0) is 79.0 Å². The fourth-order valence-electron chi connectivity index (χ4n) is 8.54. The van der Waals surface area contributed by atoms with Gasteiger partial charge in [-0.1, -0.05) is 87.1 Å². The van der Waals surface area contributed by atoms with Crippen molar-refractivity contribution in [2.24, 2.45) is 0 Å². The van der Waals surface area contributed by atoms with Crippen LogP contribution in [0.5, 0.6) is 0 Å². The Morgan fingerprint density at radius 3 is 2.05 bits per heavy atom. The summed E-state index contributed by atoms with van der Waals surface area (Å²) in [7, 11) is 0. The highest BCUT2D eigenvalue weighted by atomic mass is 16.3. The molecule has 38 heavy (non-hydrogen) atoms. The molecule has 2 N–H and O–H groups in total. The van der Waals surface area contributed by atoms with E-state index in [4.69, 9.17) is 0 Å². The maximum Gasteiger partial charge on any atom is 0.201 e. The van der Waals surface area contributed by atoms with E-state index in [9.17, 15) is 9.90 Å². The van der Waals surface area contributed by atoms with E-state index in [1.165, 1.54) is 60.8 Å². The molecule has 0 unspecified atom stereocenters. The highest BCUT2D eigenvalue weighted by Crippen LogP contribution is 2.57. The molecule has 0 radical (unpaired) electrons. The zero-order valence-corrected chi connectivity index (χ0v) is 22.6. The van der Waals surface area contributed by atoms with Crippen molar-refractivity contribution in [3.63, 3.8) is 0 Å². The van der Waals surface area contributed by atoms with Gasteiger partial charge in [0, 0.05) is 22.2 Å². The molecule has 0 amide bonds. The van der Waals surface area contributed by atoms with Crippen molar-refractivity contribution in [1.82, 2.24) is 0 Å². The first-order valence-electron chi connectivity index (χ1n) is 14.6. The average Bonchev–Trinajstić information content (AvgIpc) is 3.43. The third-order valence-corrected chi connectivity index (χ3v) is 10.3. The molecule has 0 atom stereocenters. The third kappa shape index (κ3) is 3.11. The quantitative estimate of drug-likeness (QED) is 0.403. The van der Waals surface area contributed by atoms with Crippen LogP contribution < -0.4 is 5.32 Å². The summed E-state index contributed by atoms with van der Waals surface area (Å²) in [5.74, 6) is 0.181. The molecule has 7 rings (SSSR count). The Labute approximate surface area is 226 Å². The summed E-state index contributed by atoms with van der Waals surface area (Å²) in [4.78, 5) is 13.9. The number of allylic oxidation sites excluding steroid dienone is 6. The van der Waals surface area contributed by atoms with Crippen molar-refractivity contribution in [1.29, 1.82) is 0 Å². The standard InChI is InChI=1S/C35H37NO2/c1-22(27-21-24-13-5-6-14-25(24)34(27)17-9-3-10-18-34)29-31(37)30(32(29)38)23(2)33-35(19-11-4-12-20-35)26-15-7-8-16-28(26)36-33/h5-8,13-16,21,36-37H,3-4,9-12,17-20H2,1-2H3/b29-22?,33-23+. The Bertz CT molecular complexity index is 1490. The molecule has 2 saturated carbocycles. The molecular weight excluding hydrogens is 466 g/mol. The van der Waals surface area contributed by atoms with Gasteiger partial charge in [-0.25, -0.2) is 0 Å². The number of carbonyl (C=O) groups is 1. The smallest absolute Gasteiger partial charge is 0.201 e. The predicted octanol–water partition coefficient (Wildman–Crippen LogP) is 8.60. The van der Waals surface area contributed by atoms with Gasteiger partial charge in [0.15, 0.2) is 0 Å². The Morgan fingerprint density at radius 1 is 0.763 bits per heavy atom. The minimum Gasteiger partial charge on any atom is -0.506 e. The van der Waals surface area contributed by atoms with Crippen molar-refractivity contribution in [2.45, 2.75) is 88.9 Å². The molecule has 2 fully saturated rings. The van der Waals surface area contributed by atoms with Crippen LogP contribution in [0.2, 0.25) is 0 Å². The van der Waals surface area contributed by atoms with E-state index in [0.29, 0.717) is 11.1 Å². The maximum absolute atomic E-state index is 13.9. The van der Waals surface area contributed by atoms with E-state index < -0.39 is 0 Å². The second-order valence-corrected chi connectivity index (χ2v) is 12.2. The monoisotopic (exact) mass is 503 g/mol. The molecule has 3 nitrogen and oxygen atoms in total. The predicted molar refractivity (Wildman–Crippen MR) is 154 cm³/mol. The number of anilines is 1. The molecule has 5 aliphatic rings. The number of aliphatic hydroxyl groups is 1. The van der Waals surface area contributed by atoms with Gasteiger partial charge in [-0.3, -0.25) is 4.79 Å². The maximum atomic E-state index is 13.9. The van der Waals surface area contributed by atoms with Gasteiger partial charge in [0.25, 0.3) is 0 Å². The third-order valence-electron chi connectivity index (χ3n) is 10.3. The minimum absolute atomic E-state index is 0.00321. The molecule has 2 aromatic rings. The van der Waals surface area contributed by atoms with E-state index in [1.807, 2.05) is 6.92 Å². The van der Waals surface area contributed by atoms with Gasteiger partial charge in [0.2, 0.25) is 5.78 Å². The summed E-state index contributed by atoms with van der Waals surface area (Å²) in [6, 6.07) is 17.3. The van der Waals surface area contributed by atoms with Crippen molar-refractivity contribution < 1.29 is 9.90 Å². The van der Waals surface area contributed by atoms with Gasteiger partial charge in [0.1, 0.15) is 5.76 Å². The highest BCUT2D eigenvalue weighted by molar-refractivity contribution is 6.22.